The number of rotatable bonds is 10. The predicted molar refractivity (Wildman–Crippen MR) is 144 cm³/mol. The molecule has 0 aromatic heterocycles. The summed E-state index contributed by atoms with van der Waals surface area (Å²) in [6.07, 6.45) is 0. The van der Waals surface area contributed by atoms with Gasteiger partial charge in [0.1, 0.15) is 5.75 Å². The predicted octanol–water partition coefficient (Wildman–Crippen LogP) is 5.67. The van der Waals surface area contributed by atoms with Crippen LogP contribution in [0.15, 0.2) is 102 Å². The van der Waals surface area contributed by atoms with E-state index in [2.05, 4.69) is 5.32 Å². The number of sulfonamides is 1. The number of fused-ring (bicyclic) bond motifs is 1. The Balaban J connectivity index is 1.63. The van der Waals surface area contributed by atoms with Gasteiger partial charge in [0.15, 0.2) is 0 Å². The second-order valence-corrected chi connectivity index (χ2v) is 10.5. The van der Waals surface area contributed by atoms with Crippen molar-refractivity contribution in [1.29, 1.82) is 0 Å². The van der Waals surface area contributed by atoms with Crippen LogP contribution in [0, 0.1) is 0 Å². The molecule has 36 heavy (non-hydrogen) atoms. The zero-order chi connectivity index (χ0) is 25.5. The lowest BCUT2D eigenvalue weighted by Gasteiger charge is -2.26. The minimum Gasteiger partial charge on any atom is -0.494 e. The zero-order valence-electron chi connectivity index (χ0n) is 20.4. The van der Waals surface area contributed by atoms with Gasteiger partial charge >= 0.3 is 0 Å². The fraction of sp³-hybridized carbons (Fsp3) is 0.207. The van der Waals surface area contributed by atoms with Crippen LogP contribution in [0.4, 0.5) is 5.69 Å². The molecule has 0 heterocycles. The molecular weight excluding hydrogens is 472 g/mol. The van der Waals surface area contributed by atoms with Gasteiger partial charge in [0.25, 0.3) is 0 Å². The minimum atomic E-state index is -3.98. The van der Waals surface area contributed by atoms with E-state index in [0.717, 1.165) is 10.9 Å². The molecule has 186 valence electrons. The van der Waals surface area contributed by atoms with Gasteiger partial charge in [-0.05, 0) is 54.1 Å². The monoisotopic (exact) mass is 502 g/mol. The minimum absolute atomic E-state index is 0.116. The Morgan fingerprint density at radius 2 is 1.56 bits per heavy atom. The number of nitrogens with zero attached hydrogens (tertiary/aromatic N) is 1. The van der Waals surface area contributed by atoms with E-state index < -0.39 is 15.9 Å². The SMILES string of the molecule is CCOc1ccc(NC(=O)CN(CC(C)c2ccccc2)S(=O)(=O)c2cccc3ccccc23)cc1. The van der Waals surface area contributed by atoms with Gasteiger partial charge in [-0.3, -0.25) is 4.79 Å². The Morgan fingerprint density at radius 1 is 0.889 bits per heavy atom. The average Bonchev–Trinajstić information content (AvgIpc) is 2.89. The maximum Gasteiger partial charge on any atom is 0.244 e. The highest BCUT2D eigenvalue weighted by Gasteiger charge is 2.30. The Hall–Kier alpha value is -3.68. The number of ether oxygens (including phenoxy) is 1. The molecule has 4 aromatic carbocycles. The first kappa shape index (κ1) is 25.4. The molecule has 4 rings (SSSR count). The molecule has 1 atom stereocenters. The molecule has 0 bridgehead atoms. The van der Waals surface area contributed by atoms with E-state index in [1.54, 1.807) is 42.5 Å². The van der Waals surface area contributed by atoms with Crippen molar-refractivity contribution >= 4 is 32.4 Å². The summed E-state index contributed by atoms with van der Waals surface area (Å²) in [5, 5.41) is 4.27. The Labute approximate surface area is 212 Å². The van der Waals surface area contributed by atoms with Gasteiger partial charge in [-0.15, -0.1) is 0 Å². The van der Waals surface area contributed by atoms with Crippen LogP contribution in [0.25, 0.3) is 10.8 Å². The number of carbonyl (C=O) groups excluding carboxylic acids is 1. The number of carbonyl (C=O) groups is 1. The van der Waals surface area contributed by atoms with Crippen LogP contribution in [0.2, 0.25) is 0 Å². The highest BCUT2D eigenvalue weighted by molar-refractivity contribution is 7.89. The quantitative estimate of drug-likeness (QED) is 0.303. The summed E-state index contributed by atoms with van der Waals surface area (Å²) >= 11 is 0. The number of nitrogens with one attached hydrogen (secondary N) is 1. The number of hydrogen-bond acceptors (Lipinski definition) is 4. The maximum absolute atomic E-state index is 13.9. The summed E-state index contributed by atoms with van der Waals surface area (Å²) in [5.41, 5.74) is 1.57. The van der Waals surface area contributed by atoms with Crippen LogP contribution in [-0.4, -0.2) is 38.3 Å². The van der Waals surface area contributed by atoms with E-state index in [-0.39, 0.29) is 23.9 Å². The fourth-order valence-electron chi connectivity index (χ4n) is 4.16. The molecule has 7 heteroatoms. The van der Waals surface area contributed by atoms with Crippen LogP contribution < -0.4 is 10.1 Å². The van der Waals surface area contributed by atoms with Gasteiger partial charge in [0, 0.05) is 17.6 Å². The zero-order valence-corrected chi connectivity index (χ0v) is 21.2. The molecule has 0 fully saturated rings. The topological polar surface area (TPSA) is 75.7 Å². The van der Waals surface area contributed by atoms with Crippen molar-refractivity contribution in [2.45, 2.75) is 24.7 Å². The standard InChI is InChI=1S/C29H30N2O4S/c1-3-35-26-18-16-25(17-19-26)30-29(32)21-31(20-22(2)23-10-5-4-6-11-23)36(33,34)28-15-9-13-24-12-7-8-14-27(24)28/h4-19,22H,3,20-21H2,1-2H3,(H,30,32). The molecule has 0 aliphatic heterocycles. The summed E-state index contributed by atoms with van der Waals surface area (Å²) in [7, 11) is -3.98. The molecule has 4 aromatic rings. The van der Waals surface area contributed by atoms with Gasteiger partial charge in [0.2, 0.25) is 15.9 Å². The van der Waals surface area contributed by atoms with Crippen molar-refractivity contribution in [1.82, 2.24) is 4.31 Å². The van der Waals surface area contributed by atoms with Gasteiger partial charge in [-0.2, -0.15) is 4.31 Å². The molecule has 0 radical (unpaired) electrons. The van der Waals surface area contributed by atoms with E-state index in [9.17, 15) is 13.2 Å². The van der Waals surface area contributed by atoms with Crippen LogP contribution in [0.5, 0.6) is 5.75 Å². The van der Waals surface area contributed by atoms with Gasteiger partial charge < -0.3 is 10.1 Å². The van der Waals surface area contributed by atoms with Crippen molar-refractivity contribution in [3.8, 4) is 5.75 Å². The number of benzene rings is 4. The molecule has 6 nitrogen and oxygen atoms in total. The third kappa shape index (κ3) is 5.93. The van der Waals surface area contributed by atoms with Crippen LogP contribution >= 0.6 is 0 Å². The van der Waals surface area contributed by atoms with Crippen molar-refractivity contribution in [2.75, 3.05) is 25.0 Å². The first-order chi connectivity index (χ1) is 17.4. The first-order valence-electron chi connectivity index (χ1n) is 11.9. The number of hydrogen-bond donors (Lipinski definition) is 1. The van der Waals surface area contributed by atoms with E-state index in [1.807, 2.05) is 68.4 Å². The summed E-state index contributed by atoms with van der Waals surface area (Å²) in [6.45, 7) is 4.26. The van der Waals surface area contributed by atoms with Crippen LogP contribution in [-0.2, 0) is 14.8 Å². The lowest BCUT2D eigenvalue weighted by atomic mass is 10.0. The van der Waals surface area contributed by atoms with Crippen LogP contribution in [0.1, 0.15) is 25.3 Å². The van der Waals surface area contributed by atoms with Gasteiger partial charge in [-0.1, -0.05) is 73.7 Å². The summed E-state index contributed by atoms with van der Waals surface area (Å²) in [6, 6.07) is 29.3. The molecule has 0 aliphatic rings. The summed E-state index contributed by atoms with van der Waals surface area (Å²) in [4.78, 5) is 13.2. The second kappa shape index (κ2) is 11.4. The lowest BCUT2D eigenvalue weighted by molar-refractivity contribution is -0.116. The number of anilines is 1. The largest absolute Gasteiger partial charge is 0.494 e. The maximum atomic E-state index is 13.9. The molecular formula is C29H30N2O4S. The third-order valence-electron chi connectivity index (χ3n) is 5.98. The van der Waals surface area contributed by atoms with Gasteiger partial charge in [0.05, 0.1) is 18.0 Å². The molecule has 0 saturated carbocycles. The lowest BCUT2D eigenvalue weighted by Crippen LogP contribution is -2.40. The molecule has 1 amide bonds. The molecule has 0 saturated heterocycles. The molecule has 1 N–H and O–H groups in total. The van der Waals surface area contributed by atoms with E-state index in [1.165, 1.54) is 4.31 Å². The van der Waals surface area contributed by atoms with Crippen LogP contribution in [0.3, 0.4) is 0 Å². The first-order valence-corrected chi connectivity index (χ1v) is 13.4. The van der Waals surface area contributed by atoms with Crippen molar-refractivity contribution < 1.29 is 17.9 Å². The third-order valence-corrected chi connectivity index (χ3v) is 7.85. The number of amides is 1. The fourth-order valence-corrected chi connectivity index (χ4v) is 5.86. The summed E-state index contributed by atoms with van der Waals surface area (Å²) < 4.78 is 34.6. The van der Waals surface area contributed by atoms with E-state index >= 15 is 0 Å². The normalized spacial score (nSPS) is 12.4. The molecule has 0 aliphatic carbocycles. The highest BCUT2D eigenvalue weighted by atomic mass is 32.2. The van der Waals surface area contributed by atoms with Gasteiger partial charge in [-0.25, -0.2) is 8.42 Å². The Bertz CT molecular complexity index is 1420. The van der Waals surface area contributed by atoms with E-state index in [4.69, 9.17) is 4.74 Å². The Morgan fingerprint density at radius 3 is 2.28 bits per heavy atom. The Kier molecular flexibility index (Phi) is 8.03. The molecule has 1 unspecified atom stereocenters. The average molecular weight is 503 g/mol. The highest BCUT2D eigenvalue weighted by Crippen LogP contribution is 2.28. The van der Waals surface area contributed by atoms with Crippen molar-refractivity contribution in [2.24, 2.45) is 0 Å². The van der Waals surface area contributed by atoms with Crippen molar-refractivity contribution in [3.63, 3.8) is 0 Å². The van der Waals surface area contributed by atoms with Crippen molar-refractivity contribution in [3.05, 3.63) is 103 Å². The van der Waals surface area contributed by atoms with E-state index in [0.29, 0.717) is 23.4 Å². The summed E-state index contributed by atoms with van der Waals surface area (Å²) in [5.74, 6) is 0.171. The smallest absolute Gasteiger partial charge is 0.244 e. The molecule has 0 spiro atoms. The second-order valence-electron chi connectivity index (χ2n) is 8.59.